The van der Waals surface area contributed by atoms with Gasteiger partial charge in [0.25, 0.3) is 5.56 Å². The molecule has 0 saturated heterocycles. The van der Waals surface area contributed by atoms with Gasteiger partial charge in [-0.1, -0.05) is 0 Å². The van der Waals surface area contributed by atoms with E-state index in [1.807, 2.05) is 5.32 Å². The highest BCUT2D eigenvalue weighted by molar-refractivity contribution is 5.94. The van der Waals surface area contributed by atoms with Crippen molar-refractivity contribution in [1.29, 1.82) is 5.26 Å². The topological polar surface area (TPSA) is 139 Å². The third-order valence-corrected chi connectivity index (χ3v) is 4.00. The normalized spacial score (nSPS) is 12.3. The summed E-state index contributed by atoms with van der Waals surface area (Å²) in [6.07, 6.45) is 2.56. The Morgan fingerprint density at radius 1 is 1.35 bits per heavy atom. The Morgan fingerprint density at radius 2 is 2.15 bits per heavy atom. The van der Waals surface area contributed by atoms with Crippen molar-refractivity contribution in [3.05, 3.63) is 56.3 Å². The highest BCUT2D eigenvalue weighted by Crippen LogP contribution is 2.12. The number of nitriles is 1. The van der Waals surface area contributed by atoms with E-state index >= 15 is 0 Å². The molecule has 0 fully saturated rings. The van der Waals surface area contributed by atoms with Crippen LogP contribution >= 0.6 is 0 Å². The van der Waals surface area contributed by atoms with E-state index in [4.69, 9.17) is 4.42 Å². The summed E-state index contributed by atoms with van der Waals surface area (Å²) in [4.78, 5) is 48.4. The first-order valence-electron chi connectivity index (χ1n) is 7.88. The van der Waals surface area contributed by atoms with E-state index in [9.17, 15) is 24.4 Å². The van der Waals surface area contributed by atoms with Gasteiger partial charge in [0.15, 0.2) is 0 Å². The van der Waals surface area contributed by atoms with Gasteiger partial charge < -0.3 is 9.73 Å². The number of amides is 3. The van der Waals surface area contributed by atoms with Crippen molar-refractivity contribution in [2.75, 3.05) is 0 Å². The molecule has 0 saturated carbocycles. The number of furan rings is 1. The van der Waals surface area contributed by atoms with Crippen LogP contribution in [0.2, 0.25) is 0 Å². The molecule has 0 bridgehead atoms. The third kappa shape index (κ3) is 3.27. The average molecular weight is 357 g/mol. The van der Waals surface area contributed by atoms with Gasteiger partial charge in [-0.2, -0.15) is 5.26 Å². The van der Waals surface area contributed by atoms with Crippen LogP contribution in [0.1, 0.15) is 23.4 Å². The molecule has 3 amide bonds. The molecule has 0 aromatic carbocycles. The van der Waals surface area contributed by atoms with E-state index in [1.165, 1.54) is 10.8 Å². The number of hydrogen-bond acceptors (Lipinski definition) is 6. The Kier molecular flexibility index (Phi) is 4.70. The number of carbonyl (C=O) groups is 2. The molecule has 3 rings (SSSR count). The van der Waals surface area contributed by atoms with E-state index in [1.54, 1.807) is 18.2 Å². The lowest BCUT2D eigenvalue weighted by Gasteiger charge is -2.11. The van der Waals surface area contributed by atoms with Gasteiger partial charge in [0, 0.05) is 12.2 Å². The summed E-state index contributed by atoms with van der Waals surface area (Å²) >= 11 is 0. The van der Waals surface area contributed by atoms with Gasteiger partial charge in [-0.15, -0.1) is 0 Å². The van der Waals surface area contributed by atoms with Gasteiger partial charge in [-0.05, 0) is 25.0 Å². The Hall–Kier alpha value is -3.61. The molecule has 26 heavy (non-hydrogen) atoms. The van der Waals surface area contributed by atoms with E-state index in [-0.39, 0.29) is 12.1 Å². The van der Waals surface area contributed by atoms with E-state index in [2.05, 4.69) is 5.32 Å². The number of hydrogen-bond donors (Lipinski definition) is 2. The third-order valence-electron chi connectivity index (χ3n) is 4.00. The molecule has 0 spiro atoms. The van der Waals surface area contributed by atoms with Gasteiger partial charge in [0.2, 0.25) is 5.91 Å². The number of imide groups is 1. The second kappa shape index (κ2) is 7.10. The number of rotatable bonds is 4. The van der Waals surface area contributed by atoms with E-state index in [0.29, 0.717) is 35.4 Å². The molecule has 2 aromatic rings. The molecule has 2 aromatic heterocycles. The van der Waals surface area contributed by atoms with E-state index in [0.717, 1.165) is 0 Å². The maximum atomic E-state index is 12.4. The van der Waals surface area contributed by atoms with Crippen molar-refractivity contribution in [3.8, 4) is 6.07 Å². The second-order valence-corrected chi connectivity index (χ2v) is 5.67. The van der Waals surface area contributed by atoms with Crippen molar-refractivity contribution in [1.82, 2.24) is 19.8 Å². The molecule has 3 heterocycles. The molecule has 2 N–H and O–H groups in total. The van der Waals surface area contributed by atoms with Crippen molar-refractivity contribution < 1.29 is 14.0 Å². The van der Waals surface area contributed by atoms with Crippen molar-refractivity contribution in [3.63, 3.8) is 0 Å². The minimum Gasteiger partial charge on any atom is -0.467 e. The largest absolute Gasteiger partial charge is 0.467 e. The Morgan fingerprint density at radius 3 is 2.85 bits per heavy atom. The lowest BCUT2D eigenvalue weighted by Crippen LogP contribution is -2.47. The number of nitrogens with one attached hydrogen (secondary N) is 2. The Labute approximate surface area is 146 Å². The Bertz CT molecular complexity index is 1010. The monoisotopic (exact) mass is 357 g/mol. The van der Waals surface area contributed by atoms with Gasteiger partial charge in [-0.25, -0.2) is 14.2 Å². The molecule has 0 unspecified atom stereocenters. The van der Waals surface area contributed by atoms with Crippen molar-refractivity contribution >= 4 is 11.9 Å². The maximum absolute atomic E-state index is 12.4. The highest BCUT2D eigenvalue weighted by atomic mass is 16.3. The second-order valence-electron chi connectivity index (χ2n) is 5.67. The molecule has 0 aliphatic carbocycles. The molecule has 134 valence electrons. The van der Waals surface area contributed by atoms with Crippen LogP contribution in [-0.2, 0) is 30.8 Å². The lowest BCUT2D eigenvalue weighted by atomic mass is 10.2. The smallest absolute Gasteiger partial charge is 0.331 e. The van der Waals surface area contributed by atoms with Crippen LogP contribution < -0.4 is 21.9 Å². The standard InChI is InChI=1S/C16H15N5O5/c17-7-11-12-4-1-5-20(12)16(25)21(14(11)23)9-13(22)19-15(24)18-8-10-3-2-6-26-10/h2-3,6H,1,4-5,8-9H2,(H2,18,19,22,24). The summed E-state index contributed by atoms with van der Waals surface area (Å²) in [5.41, 5.74) is -1.23. The van der Waals surface area contributed by atoms with Crippen molar-refractivity contribution in [2.24, 2.45) is 0 Å². The minimum atomic E-state index is -0.844. The summed E-state index contributed by atoms with van der Waals surface area (Å²) in [6.45, 7) is -0.193. The fourth-order valence-electron chi connectivity index (χ4n) is 2.82. The van der Waals surface area contributed by atoms with Gasteiger partial charge in [0.1, 0.15) is 23.9 Å². The quantitative estimate of drug-likeness (QED) is 0.752. The van der Waals surface area contributed by atoms with Crippen LogP contribution in [0.4, 0.5) is 4.79 Å². The summed E-state index contributed by atoms with van der Waals surface area (Å²) < 4.78 is 7.03. The molecular formula is C16H15N5O5. The average Bonchev–Trinajstić information content (AvgIpc) is 3.29. The molecule has 1 aliphatic rings. The summed E-state index contributed by atoms with van der Waals surface area (Å²) in [7, 11) is 0. The highest BCUT2D eigenvalue weighted by Gasteiger charge is 2.23. The van der Waals surface area contributed by atoms with Crippen LogP contribution in [0.5, 0.6) is 0 Å². The van der Waals surface area contributed by atoms with Gasteiger partial charge in [0.05, 0.1) is 12.8 Å². The number of fused-ring (bicyclic) bond motifs is 1. The molecular weight excluding hydrogens is 342 g/mol. The zero-order valence-corrected chi connectivity index (χ0v) is 13.7. The van der Waals surface area contributed by atoms with E-state index < -0.39 is 29.7 Å². The minimum absolute atomic E-state index is 0.0755. The summed E-state index contributed by atoms with van der Waals surface area (Å²) in [6, 6.07) is 4.31. The Balaban J connectivity index is 1.72. The van der Waals surface area contributed by atoms with Crippen LogP contribution in [0.25, 0.3) is 0 Å². The summed E-state index contributed by atoms with van der Waals surface area (Å²) in [5, 5.41) is 13.6. The molecule has 10 nitrogen and oxygen atoms in total. The van der Waals surface area contributed by atoms with Crippen LogP contribution in [0.15, 0.2) is 32.4 Å². The zero-order valence-electron chi connectivity index (χ0n) is 13.7. The summed E-state index contributed by atoms with van der Waals surface area (Å²) in [5.74, 6) is -0.345. The van der Waals surface area contributed by atoms with Gasteiger partial charge >= 0.3 is 11.7 Å². The number of nitrogens with zero attached hydrogens (tertiary/aromatic N) is 3. The predicted molar refractivity (Wildman–Crippen MR) is 87.1 cm³/mol. The first-order valence-corrected chi connectivity index (χ1v) is 7.88. The lowest BCUT2D eigenvalue weighted by molar-refractivity contribution is -0.120. The molecule has 0 radical (unpaired) electrons. The van der Waals surface area contributed by atoms with Crippen LogP contribution in [-0.4, -0.2) is 21.1 Å². The fraction of sp³-hybridized carbons (Fsp3) is 0.312. The van der Waals surface area contributed by atoms with Crippen LogP contribution in [0.3, 0.4) is 0 Å². The zero-order chi connectivity index (χ0) is 18.7. The van der Waals surface area contributed by atoms with Crippen molar-refractivity contribution in [2.45, 2.75) is 32.5 Å². The van der Waals surface area contributed by atoms with Crippen LogP contribution in [0, 0.1) is 11.3 Å². The first-order chi connectivity index (χ1) is 12.5. The molecule has 0 atom stereocenters. The molecule has 1 aliphatic heterocycles. The molecule has 10 heteroatoms. The van der Waals surface area contributed by atoms with Gasteiger partial charge in [-0.3, -0.25) is 19.5 Å². The SMILES string of the molecule is N#Cc1c2n(c(=O)n(CC(=O)NC(=O)NCc3ccco3)c1=O)CCC2. The fourth-order valence-corrected chi connectivity index (χ4v) is 2.82. The predicted octanol–water partition coefficient (Wildman–Crippen LogP) is -0.553. The first kappa shape index (κ1) is 17.2. The number of carbonyl (C=O) groups excluding carboxylic acids is 2. The maximum Gasteiger partial charge on any atom is 0.331 e. The number of urea groups is 1. The number of aromatic nitrogens is 2.